The summed E-state index contributed by atoms with van der Waals surface area (Å²) < 4.78 is 59.8. The van der Waals surface area contributed by atoms with Gasteiger partial charge in [0.1, 0.15) is 17.4 Å². The number of unbranched alkanes of at least 4 members (excludes halogenated alkanes) is 2. The van der Waals surface area contributed by atoms with Gasteiger partial charge in [-0.05, 0) is 104 Å². The van der Waals surface area contributed by atoms with Crippen molar-refractivity contribution in [3.05, 3.63) is 113 Å². The summed E-state index contributed by atoms with van der Waals surface area (Å²) in [5.74, 6) is 5.64. The molecule has 10 heteroatoms. The van der Waals surface area contributed by atoms with Gasteiger partial charge in [0, 0.05) is 25.0 Å². The molecule has 1 heterocycles. The van der Waals surface area contributed by atoms with E-state index in [1.165, 1.54) is 55.3 Å². The lowest BCUT2D eigenvalue weighted by Gasteiger charge is -2.30. The number of nitrogens with one attached hydrogen (secondary N) is 2. The zero-order valence-corrected chi connectivity index (χ0v) is 24.6. The lowest BCUT2D eigenvalue weighted by molar-refractivity contribution is 0.251. The number of sulfonamides is 1. The van der Waals surface area contributed by atoms with Crippen LogP contribution in [0.2, 0.25) is 0 Å². The summed E-state index contributed by atoms with van der Waals surface area (Å²) in [5, 5.41) is 0. The number of rotatable bonds is 13. The molecule has 0 aromatic heterocycles. The fraction of sp³-hybridized carbons (Fsp3) is 0.312. The first-order valence-corrected chi connectivity index (χ1v) is 15.6. The third kappa shape index (κ3) is 8.64. The zero-order valence-electron chi connectivity index (χ0n) is 23.8. The average molecular weight is 597 g/mol. The Hall–Kier alpha value is -3.73. The van der Waals surface area contributed by atoms with Crippen LogP contribution in [0.5, 0.6) is 5.75 Å². The highest BCUT2D eigenvalue weighted by Crippen LogP contribution is 2.33. The van der Waals surface area contributed by atoms with Crippen molar-refractivity contribution in [2.24, 2.45) is 5.84 Å². The number of hydrogen-bond acceptors (Lipinski definition) is 6. The fourth-order valence-electron chi connectivity index (χ4n) is 5.09. The van der Waals surface area contributed by atoms with Crippen LogP contribution in [0.3, 0.4) is 0 Å². The fourth-order valence-corrected chi connectivity index (χ4v) is 6.02. The minimum atomic E-state index is -3.71. The van der Waals surface area contributed by atoms with Crippen molar-refractivity contribution in [3.63, 3.8) is 0 Å². The molecule has 1 fully saturated rings. The van der Waals surface area contributed by atoms with Crippen LogP contribution < -0.4 is 20.7 Å². The van der Waals surface area contributed by atoms with E-state index in [0.717, 1.165) is 68.4 Å². The predicted molar refractivity (Wildman–Crippen MR) is 162 cm³/mol. The molecule has 224 valence electrons. The minimum absolute atomic E-state index is 0.137. The van der Waals surface area contributed by atoms with Gasteiger partial charge < -0.3 is 15.1 Å². The molecule has 0 amide bonds. The van der Waals surface area contributed by atoms with Crippen LogP contribution in [0, 0.1) is 11.6 Å². The second kappa shape index (κ2) is 14.9. The highest BCUT2D eigenvalue weighted by atomic mass is 32.2. The Bertz CT molecular complexity index is 1420. The summed E-state index contributed by atoms with van der Waals surface area (Å²) in [4.78, 5) is 2.58. The first kappa shape index (κ1) is 31.2. The molecule has 1 aliphatic heterocycles. The Morgan fingerprint density at radius 3 is 1.98 bits per heavy atom. The number of hydrogen-bond donors (Lipinski definition) is 3. The molecule has 3 aromatic carbocycles. The molecule has 0 saturated carbocycles. The van der Waals surface area contributed by atoms with Gasteiger partial charge in [-0.2, -0.15) is 0 Å². The first-order valence-electron chi connectivity index (χ1n) is 14.1. The lowest BCUT2D eigenvalue weighted by atomic mass is 9.88. The van der Waals surface area contributed by atoms with E-state index < -0.39 is 10.0 Å². The van der Waals surface area contributed by atoms with Crippen molar-refractivity contribution in [1.29, 1.82) is 0 Å². The van der Waals surface area contributed by atoms with E-state index in [-0.39, 0.29) is 16.5 Å². The van der Waals surface area contributed by atoms with Gasteiger partial charge in [-0.3, -0.25) is 10.6 Å². The van der Waals surface area contributed by atoms with Crippen LogP contribution >= 0.6 is 0 Å². The Labute approximate surface area is 247 Å². The first-order chi connectivity index (χ1) is 20.3. The third-order valence-corrected chi connectivity index (χ3v) is 8.76. The standard InChI is InChI=1S/C32H38F2N4O3S/c1-41-30-14-16-31(17-15-30)42(39,40)36-23-29(37-35)5-3-2-4-20-38-21-18-26(19-22-38)32(24-6-10-27(33)11-7-24)25-8-12-28(34)13-9-25/h6-17,23,36-37H,2-5,18-22,35H2,1H3/b29-23-. The molecule has 4 rings (SSSR count). The average Bonchev–Trinajstić information content (AvgIpc) is 3.01. The maximum absolute atomic E-state index is 13.6. The van der Waals surface area contributed by atoms with Gasteiger partial charge in [0.25, 0.3) is 10.0 Å². The van der Waals surface area contributed by atoms with Crippen molar-refractivity contribution >= 4 is 15.6 Å². The van der Waals surface area contributed by atoms with Crippen LogP contribution in [0.4, 0.5) is 8.78 Å². The van der Waals surface area contributed by atoms with Crippen LogP contribution in [0.15, 0.2) is 95.2 Å². The van der Waals surface area contributed by atoms with E-state index in [4.69, 9.17) is 10.6 Å². The summed E-state index contributed by atoms with van der Waals surface area (Å²) in [7, 11) is -2.19. The molecule has 0 atom stereocenters. The Balaban J connectivity index is 1.25. The third-order valence-electron chi connectivity index (χ3n) is 7.44. The SMILES string of the molecule is COc1ccc(S(=O)(=O)N/C=C(/CCCCCN2CCC(=C(c3ccc(F)cc3)c3ccc(F)cc3)CC2)NN)cc1. The molecular weight excluding hydrogens is 558 g/mol. The molecule has 42 heavy (non-hydrogen) atoms. The smallest absolute Gasteiger partial charge is 0.261 e. The number of allylic oxidation sites excluding steroid dienone is 1. The monoisotopic (exact) mass is 596 g/mol. The van der Waals surface area contributed by atoms with Crippen LogP contribution in [-0.4, -0.2) is 40.1 Å². The van der Waals surface area contributed by atoms with Crippen molar-refractivity contribution in [3.8, 4) is 5.75 Å². The number of benzene rings is 3. The molecule has 0 bridgehead atoms. The molecular formula is C32H38F2N4O3S. The van der Waals surface area contributed by atoms with Crippen molar-refractivity contribution < 1.29 is 21.9 Å². The Kier molecular flexibility index (Phi) is 11.1. The topological polar surface area (TPSA) is 96.7 Å². The Morgan fingerprint density at radius 2 is 1.45 bits per heavy atom. The van der Waals surface area contributed by atoms with E-state index in [0.29, 0.717) is 17.9 Å². The quantitative estimate of drug-likeness (QED) is 0.133. The summed E-state index contributed by atoms with van der Waals surface area (Å²) >= 11 is 0. The van der Waals surface area contributed by atoms with Crippen molar-refractivity contribution in [2.45, 2.75) is 43.4 Å². The molecule has 0 spiro atoms. The van der Waals surface area contributed by atoms with E-state index in [1.807, 2.05) is 0 Å². The number of hydrazine groups is 1. The second-order valence-corrected chi connectivity index (χ2v) is 12.0. The molecule has 0 radical (unpaired) electrons. The van der Waals surface area contributed by atoms with Crippen LogP contribution in [0.1, 0.15) is 49.7 Å². The normalized spacial score (nSPS) is 14.5. The van der Waals surface area contributed by atoms with E-state index >= 15 is 0 Å². The zero-order chi connectivity index (χ0) is 30.0. The summed E-state index contributed by atoms with van der Waals surface area (Å²) in [6, 6.07) is 19.2. The van der Waals surface area contributed by atoms with Gasteiger partial charge in [-0.15, -0.1) is 0 Å². The molecule has 1 aliphatic rings. The highest BCUT2D eigenvalue weighted by Gasteiger charge is 2.19. The molecule has 0 unspecified atom stereocenters. The van der Waals surface area contributed by atoms with Crippen LogP contribution in [-0.2, 0) is 10.0 Å². The number of ether oxygens (including phenoxy) is 1. The van der Waals surface area contributed by atoms with Gasteiger partial charge in [-0.1, -0.05) is 36.3 Å². The molecule has 3 aromatic rings. The molecule has 7 nitrogen and oxygen atoms in total. The van der Waals surface area contributed by atoms with Gasteiger partial charge >= 0.3 is 0 Å². The number of piperidine rings is 1. The highest BCUT2D eigenvalue weighted by molar-refractivity contribution is 7.89. The van der Waals surface area contributed by atoms with Gasteiger partial charge in [0.05, 0.1) is 12.0 Å². The maximum Gasteiger partial charge on any atom is 0.261 e. The molecule has 4 N–H and O–H groups in total. The maximum atomic E-state index is 13.6. The summed E-state index contributed by atoms with van der Waals surface area (Å²) in [5.41, 5.74) is 7.43. The van der Waals surface area contributed by atoms with Gasteiger partial charge in [0.15, 0.2) is 0 Å². The Morgan fingerprint density at radius 1 is 0.881 bits per heavy atom. The largest absolute Gasteiger partial charge is 0.497 e. The number of methoxy groups -OCH3 is 1. The summed E-state index contributed by atoms with van der Waals surface area (Å²) in [6.45, 7) is 2.81. The second-order valence-electron chi connectivity index (χ2n) is 10.3. The van der Waals surface area contributed by atoms with Gasteiger partial charge in [-0.25, -0.2) is 17.2 Å². The number of likely N-dealkylation sites (tertiary alicyclic amines) is 1. The van der Waals surface area contributed by atoms with Crippen molar-refractivity contribution in [1.82, 2.24) is 15.0 Å². The van der Waals surface area contributed by atoms with Gasteiger partial charge in [0.2, 0.25) is 0 Å². The number of halogens is 2. The van der Waals surface area contributed by atoms with Crippen LogP contribution in [0.25, 0.3) is 5.57 Å². The molecule has 0 aliphatic carbocycles. The summed E-state index contributed by atoms with van der Waals surface area (Å²) in [6.07, 6.45) is 6.64. The van der Waals surface area contributed by atoms with E-state index in [2.05, 4.69) is 15.0 Å². The molecule has 1 saturated heterocycles. The predicted octanol–water partition coefficient (Wildman–Crippen LogP) is 5.71. The van der Waals surface area contributed by atoms with Crippen molar-refractivity contribution in [2.75, 3.05) is 26.7 Å². The number of nitrogens with two attached hydrogens (primary N) is 1. The lowest BCUT2D eigenvalue weighted by Crippen LogP contribution is -2.32. The van der Waals surface area contributed by atoms with E-state index in [9.17, 15) is 17.2 Å². The number of nitrogens with zero attached hydrogens (tertiary/aromatic N) is 1. The van der Waals surface area contributed by atoms with E-state index in [1.54, 1.807) is 36.4 Å². The minimum Gasteiger partial charge on any atom is -0.497 e.